The Morgan fingerprint density at radius 1 is 0.630 bits per heavy atom. The molecular formula is C25H17BrO. The molecule has 0 radical (unpaired) electrons. The van der Waals surface area contributed by atoms with Gasteiger partial charge in [0.1, 0.15) is 11.2 Å². The van der Waals surface area contributed by atoms with Crippen molar-refractivity contribution in [1.82, 2.24) is 0 Å². The molecule has 0 amide bonds. The van der Waals surface area contributed by atoms with E-state index < -0.39 is 0 Å². The second-order valence-corrected chi connectivity index (χ2v) is 7.26. The highest BCUT2D eigenvalue weighted by Gasteiger charge is 2.12. The summed E-state index contributed by atoms with van der Waals surface area (Å²) in [6.45, 7) is 0. The topological polar surface area (TPSA) is 13.1 Å². The Kier molecular flexibility index (Phi) is 4.06. The number of hydrogen-bond donors (Lipinski definition) is 0. The predicted octanol–water partition coefficient (Wildman–Crippen LogP) is 7.81. The molecule has 0 fully saturated rings. The molecule has 1 nitrogen and oxygen atoms in total. The minimum atomic E-state index is 0.860. The molecule has 0 saturated carbocycles. The van der Waals surface area contributed by atoms with Crippen LogP contribution in [-0.2, 0) is 5.33 Å². The maximum absolute atomic E-state index is 6.21. The lowest BCUT2D eigenvalue weighted by atomic mass is 9.97. The molecule has 0 aliphatic heterocycles. The normalized spacial score (nSPS) is 11.3. The first-order valence-electron chi connectivity index (χ1n) is 8.99. The lowest BCUT2D eigenvalue weighted by Crippen LogP contribution is -1.84. The van der Waals surface area contributed by atoms with Crippen molar-refractivity contribution in [3.05, 3.63) is 96.6 Å². The average molecular weight is 413 g/mol. The van der Waals surface area contributed by atoms with Crippen LogP contribution >= 0.6 is 15.9 Å². The van der Waals surface area contributed by atoms with Gasteiger partial charge in [-0.15, -0.1) is 0 Å². The van der Waals surface area contributed by atoms with Crippen LogP contribution in [0.25, 0.3) is 44.2 Å². The van der Waals surface area contributed by atoms with E-state index >= 15 is 0 Å². The highest BCUT2D eigenvalue weighted by atomic mass is 79.9. The second-order valence-electron chi connectivity index (χ2n) is 6.70. The van der Waals surface area contributed by atoms with Gasteiger partial charge in [-0.25, -0.2) is 0 Å². The zero-order valence-corrected chi connectivity index (χ0v) is 16.2. The van der Waals surface area contributed by atoms with Crippen LogP contribution in [0.1, 0.15) is 5.56 Å². The van der Waals surface area contributed by atoms with Crippen molar-refractivity contribution in [2.24, 2.45) is 0 Å². The molecule has 5 aromatic rings. The van der Waals surface area contributed by atoms with Crippen LogP contribution in [0.15, 0.2) is 95.4 Å². The van der Waals surface area contributed by atoms with Crippen molar-refractivity contribution in [1.29, 1.82) is 0 Å². The molecule has 0 bridgehead atoms. The van der Waals surface area contributed by atoms with Gasteiger partial charge in [-0.3, -0.25) is 0 Å². The van der Waals surface area contributed by atoms with Crippen LogP contribution in [0, 0.1) is 0 Å². The summed E-state index contributed by atoms with van der Waals surface area (Å²) in [5, 5.41) is 3.18. The van der Waals surface area contributed by atoms with E-state index in [2.05, 4.69) is 94.8 Å². The Hall–Kier alpha value is -2.84. The van der Waals surface area contributed by atoms with E-state index in [1.54, 1.807) is 0 Å². The van der Waals surface area contributed by atoms with Gasteiger partial charge >= 0.3 is 0 Å². The number of benzene rings is 4. The van der Waals surface area contributed by atoms with Gasteiger partial charge in [0, 0.05) is 21.7 Å². The van der Waals surface area contributed by atoms with E-state index in [4.69, 9.17) is 4.42 Å². The molecule has 27 heavy (non-hydrogen) atoms. The summed E-state index contributed by atoms with van der Waals surface area (Å²) in [6.07, 6.45) is 0. The standard InChI is InChI=1S/C25H17BrO/c26-16-17-6-3-7-18(14-17)19-8-4-9-20(15-19)21-11-5-12-23-22-10-1-2-13-24(22)27-25(21)23/h1-15H,16H2. The highest BCUT2D eigenvalue weighted by Crippen LogP contribution is 2.36. The predicted molar refractivity (Wildman–Crippen MR) is 117 cm³/mol. The summed E-state index contributed by atoms with van der Waals surface area (Å²) in [5.41, 5.74) is 7.89. The van der Waals surface area contributed by atoms with Crippen molar-refractivity contribution in [2.45, 2.75) is 5.33 Å². The maximum Gasteiger partial charge on any atom is 0.143 e. The lowest BCUT2D eigenvalue weighted by Gasteiger charge is -2.08. The third-order valence-electron chi connectivity index (χ3n) is 4.99. The number of rotatable bonds is 3. The third kappa shape index (κ3) is 2.87. The molecule has 130 valence electrons. The van der Waals surface area contributed by atoms with Crippen molar-refractivity contribution in [3.63, 3.8) is 0 Å². The van der Waals surface area contributed by atoms with Crippen LogP contribution in [0.2, 0.25) is 0 Å². The van der Waals surface area contributed by atoms with E-state index in [1.165, 1.54) is 22.3 Å². The molecular weight excluding hydrogens is 396 g/mol. The number of halogens is 1. The summed E-state index contributed by atoms with van der Waals surface area (Å²) >= 11 is 3.55. The Balaban J connectivity index is 1.69. The van der Waals surface area contributed by atoms with Gasteiger partial charge in [0.25, 0.3) is 0 Å². The van der Waals surface area contributed by atoms with Crippen LogP contribution in [0.5, 0.6) is 0 Å². The largest absolute Gasteiger partial charge is 0.455 e. The fourth-order valence-electron chi connectivity index (χ4n) is 3.67. The van der Waals surface area contributed by atoms with Crippen LogP contribution < -0.4 is 0 Å². The smallest absolute Gasteiger partial charge is 0.143 e. The van der Waals surface area contributed by atoms with E-state index in [0.717, 1.165) is 32.8 Å². The first-order valence-corrected chi connectivity index (χ1v) is 10.1. The molecule has 0 N–H and O–H groups in total. The van der Waals surface area contributed by atoms with Crippen LogP contribution in [0.3, 0.4) is 0 Å². The van der Waals surface area contributed by atoms with E-state index in [9.17, 15) is 0 Å². The summed E-state index contributed by atoms with van der Waals surface area (Å²) in [7, 11) is 0. The quantitative estimate of drug-likeness (QED) is 0.275. The van der Waals surface area contributed by atoms with Gasteiger partial charge in [-0.1, -0.05) is 94.8 Å². The molecule has 0 saturated heterocycles. The molecule has 1 aromatic heterocycles. The minimum Gasteiger partial charge on any atom is -0.455 e. The van der Waals surface area contributed by atoms with Crippen molar-refractivity contribution in [2.75, 3.05) is 0 Å². The molecule has 0 aliphatic carbocycles. The Bertz CT molecular complexity index is 1270. The molecule has 0 aliphatic rings. The highest BCUT2D eigenvalue weighted by molar-refractivity contribution is 9.08. The van der Waals surface area contributed by atoms with Gasteiger partial charge in [0.05, 0.1) is 0 Å². The molecule has 1 heterocycles. The molecule has 0 spiro atoms. The number of hydrogen-bond acceptors (Lipinski definition) is 1. The minimum absolute atomic E-state index is 0.860. The van der Waals surface area contributed by atoms with Crippen LogP contribution in [0.4, 0.5) is 0 Å². The Labute approximate surface area is 166 Å². The SMILES string of the molecule is BrCc1cccc(-c2cccc(-c3cccc4c3oc3ccccc34)c2)c1. The van der Waals surface area contributed by atoms with Crippen molar-refractivity contribution >= 4 is 37.9 Å². The zero-order valence-electron chi connectivity index (χ0n) is 14.7. The number of para-hydroxylation sites is 2. The van der Waals surface area contributed by atoms with Gasteiger partial charge in [-0.2, -0.15) is 0 Å². The van der Waals surface area contributed by atoms with E-state index in [0.29, 0.717) is 0 Å². The lowest BCUT2D eigenvalue weighted by molar-refractivity contribution is 0.670. The van der Waals surface area contributed by atoms with Crippen LogP contribution in [-0.4, -0.2) is 0 Å². The maximum atomic E-state index is 6.21. The van der Waals surface area contributed by atoms with Gasteiger partial charge in [0.2, 0.25) is 0 Å². The Morgan fingerprint density at radius 3 is 2.22 bits per heavy atom. The molecule has 5 rings (SSSR count). The summed E-state index contributed by atoms with van der Waals surface area (Å²) < 4.78 is 6.21. The number of fused-ring (bicyclic) bond motifs is 3. The number of furan rings is 1. The molecule has 2 heteroatoms. The first-order chi connectivity index (χ1) is 13.3. The molecule has 0 unspecified atom stereocenters. The van der Waals surface area contributed by atoms with Gasteiger partial charge in [0.15, 0.2) is 0 Å². The zero-order chi connectivity index (χ0) is 18.2. The first kappa shape index (κ1) is 16.3. The second kappa shape index (κ2) is 6.71. The van der Waals surface area contributed by atoms with Gasteiger partial charge in [-0.05, 0) is 34.4 Å². The van der Waals surface area contributed by atoms with Crippen molar-refractivity contribution < 1.29 is 4.42 Å². The number of alkyl halides is 1. The molecule has 4 aromatic carbocycles. The van der Waals surface area contributed by atoms with Gasteiger partial charge < -0.3 is 4.42 Å². The monoisotopic (exact) mass is 412 g/mol. The Morgan fingerprint density at radius 2 is 1.33 bits per heavy atom. The fourth-order valence-corrected chi connectivity index (χ4v) is 4.02. The summed E-state index contributed by atoms with van der Waals surface area (Å²) in [4.78, 5) is 0. The van der Waals surface area contributed by atoms with E-state index in [1.807, 2.05) is 12.1 Å². The summed E-state index contributed by atoms with van der Waals surface area (Å²) in [6, 6.07) is 31.9. The van der Waals surface area contributed by atoms with Crippen molar-refractivity contribution in [3.8, 4) is 22.3 Å². The average Bonchev–Trinajstić information content (AvgIpc) is 3.13. The fraction of sp³-hybridized carbons (Fsp3) is 0.0400. The summed E-state index contributed by atoms with van der Waals surface area (Å²) in [5.74, 6) is 0. The molecule has 0 atom stereocenters. The van der Waals surface area contributed by atoms with E-state index in [-0.39, 0.29) is 0 Å². The third-order valence-corrected chi connectivity index (χ3v) is 5.64.